The molecule has 5 heteroatoms. The molecule has 1 fully saturated rings. The van der Waals surface area contributed by atoms with E-state index in [0.29, 0.717) is 0 Å². The summed E-state index contributed by atoms with van der Waals surface area (Å²) in [7, 11) is 0. The van der Waals surface area contributed by atoms with Crippen LogP contribution in [0.4, 0.5) is 17.1 Å². The number of hydrogen-bond donors (Lipinski definition) is 1. The van der Waals surface area contributed by atoms with Crippen molar-refractivity contribution in [2.45, 2.75) is 39.5 Å². The van der Waals surface area contributed by atoms with E-state index in [9.17, 15) is 9.59 Å². The highest BCUT2D eigenvalue weighted by atomic mass is 16.2. The first-order chi connectivity index (χ1) is 13.6. The molecule has 5 nitrogen and oxygen atoms in total. The summed E-state index contributed by atoms with van der Waals surface area (Å²) >= 11 is 0. The fourth-order valence-corrected chi connectivity index (χ4v) is 3.55. The number of carbonyl (C=O) groups excluding carboxylic acids is 2. The van der Waals surface area contributed by atoms with Gasteiger partial charge in [-0.3, -0.25) is 9.59 Å². The van der Waals surface area contributed by atoms with Crippen LogP contribution in [0, 0.1) is 0 Å². The van der Waals surface area contributed by atoms with Crippen LogP contribution >= 0.6 is 0 Å². The lowest BCUT2D eigenvalue weighted by Gasteiger charge is -2.28. The molecule has 1 aliphatic heterocycles. The van der Waals surface area contributed by atoms with Gasteiger partial charge in [0, 0.05) is 37.1 Å². The standard InChI is InChI=1S/C23H29N3O2/c1-3-19-7-11-22(12-8-19)26(18(2)27)17-23(28)24-20-9-13-21(14-10-20)25-15-5-4-6-16-25/h7-14H,3-6,15-17H2,1-2H3,(H,24,28). The van der Waals surface area contributed by atoms with Crippen molar-refractivity contribution in [2.24, 2.45) is 0 Å². The molecule has 0 radical (unpaired) electrons. The molecule has 0 aliphatic carbocycles. The third kappa shape index (κ3) is 5.12. The maximum absolute atomic E-state index is 12.5. The molecule has 0 unspecified atom stereocenters. The largest absolute Gasteiger partial charge is 0.372 e. The molecule has 0 aromatic heterocycles. The summed E-state index contributed by atoms with van der Waals surface area (Å²) in [6, 6.07) is 15.7. The van der Waals surface area contributed by atoms with Gasteiger partial charge >= 0.3 is 0 Å². The Bertz CT molecular complexity index is 794. The van der Waals surface area contributed by atoms with E-state index >= 15 is 0 Å². The quantitative estimate of drug-likeness (QED) is 0.817. The van der Waals surface area contributed by atoms with E-state index in [0.717, 1.165) is 30.9 Å². The Balaban J connectivity index is 1.61. The van der Waals surface area contributed by atoms with Crippen LogP contribution in [0.2, 0.25) is 0 Å². The minimum atomic E-state index is -0.208. The molecular weight excluding hydrogens is 350 g/mol. The number of rotatable bonds is 6. The first-order valence-electron chi connectivity index (χ1n) is 10.1. The average molecular weight is 380 g/mol. The van der Waals surface area contributed by atoms with Crippen LogP contribution in [0.15, 0.2) is 48.5 Å². The molecule has 3 rings (SSSR count). The summed E-state index contributed by atoms with van der Waals surface area (Å²) in [5.74, 6) is -0.361. The second-order valence-corrected chi connectivity index (χ2v) is 7.27. The fraction of sp³-hybridized carbons (Fsp3) is 0.391. The summed E-state index contributed by atoms with van der Waals surface area (Å²) < 4.78 is 0. The van der Waals surface area contributed by atoms with E-state index < -0.39 is 0 Å². The van der Waals surface area contributed by atoms with E-state index in [1.165, 1.54) is 42.3 Å². The maximum atomic E-state index is 12.5. The Morgan fingerprint density at radius 1 is 0.964 bits per heavy atom. The zero-order chi connectivity index (χ0) is 19.9. The fourth-order valence-electron chi connectivity index (χ4n) is 3.55. The molecule has 0 bridgehead atoms. The Kier molecular flexibility index (Phi) is 6.69. The van der Waals surface area contributed by atoms with Gasteiger partial charge < -0.3 is 15.1 Å². The van der Waals surface area contributed by atoms with E-state index in [1.54, 1.807) is 0 Å². The Hall–Kier alpha value is -2.82. The van der Waals surface area contributed by atoms with Crippen molar-refractivity contribution in [1.29, 1.82) is 0 Å². The molecule has 28 heavy (non-hydrogen) atoms. The summed E-state index contributed by atoms with van der Waals surface area (Å²) in [5.41, 5.74) is 3.88. The number of amides is 2. The molecule has 2 amide bonds. The number of nitrogens with one attached hydrogen (secondary N) is 1. The van der Waals surface area contributed by atoms with Crippen LogP contribution in [-0.2, 0) is 16.0 Å². The minimum absolute atomic E-state index is 0.00528. The lowest BCUT2D eigenvalue weighted by atomic mass is 10.1. The zero-order valence-corrected chi connectivity index (χ0v) is 16.8. The number of aryl methyl sites for hydroxylation is 1. The summed E-state index contributed by atoms with van der Waals surface area (Å²) in [4.78, 5) is 28.4. The third-order valence-corrected chi connectivity index (χ3v) is 5.21. The molecule has 0 atom stereocenters. The van der Waals surface area contributed by atoms with Crippen molar-refractivity contribution in [3.05, 3.63) is 54.1 Å². The Morgan fingerprint density at radius 2 is 1.61 bits per heavy atom. The molecule has 1 saturated heterocycles. The van der Waals surface area contributed by atoms with Gasteiger partial charge in [-0.2, -0.15) is 0 Å². The van der Waals surface area contributed by atoms with Crippen LogP contribution in [0.25, 0.3) is 0 Å². The number of piperidine rings is 1. The molecule has 148 valence electrons. The van der Waals surface area contributed by atoms with Crippen LogP contribution in [0.3, 0.4) is 0 Å². The second-order valence-electron chi connectivity index (χ2n) is 7.27. The third-order valence-electron chi connectivity index (χ3n) is 5.21. The van der Waals surface area contributed by atoms with Gasteiger partial charge in [-0.1, -0.05) is 19.1 Å². The monoisotopic (exact) mass is 379 g/mol. The smallest absolute Gasteiger partial charge is 0.244 e. The minimum Gasteiger partial charge on any atom is -0.372 e. The van der Waals surface area contributed by atoms with Gasteiger partial charge in [0.25, 0.3) is 0 Å². The van der Waals surface area contributed by atoms with Gasteiger partial charge in [-0.05, 0) is 67.6 Å². The maximum Gasteiger partial charge on any atom is 0.244 e. The number of benzene rings is 2. The molecule has 2 aromatic carbocycles. The van der Waals surface area contributed by atoms with E-state index in [2.05, 4.69) is 17.1 Å². The highest BCUT2D eigenvalue weighted by molar-refractivity contribution is 6.01. The summed E-state index contributed by atoms with van der Waals surface area (Å²) in [5, 5.41) is 2.90. The number of carbonyl (C=O) groups is 2. The summed E-state index contributed by atoms with van der Waals surface area (Å²) in [6.07, 6.45) is 4.71. The SMILES string of the molecule is CCc1ccc(N(CC(=O)Nc2ccc(N3CCCCC3)cc2)C(C)=O)cc1. The van der Waals surface area contributed by atoms with Crippen molar-refractivity contribution >= 4 is 28.9 Å². The molecule has 0 spiro atoms. The first kappa shape index (κ1) is 19.9. The molecule has 0 saturated carbocycles. The topological polar surface area (TPSA) is 52.7 Å². The highest BCUT2D eigenvalue weighted by Crippen LogP contribution is 2.22. The van der Waals surface area contributed by atoms with Crippen molar-refractivity contribution in [3.63, 3.8) is 0 Å². The summed E-state index contributed by atoms with van der Waals surface area (Å²) in [6.45, 7) is 5.75. The average Bonchev–Trinajstić information content (AvgIpc) is 2.73. The van der Waals surface area contributed by atoms with E-state index in [1.807, 2.05) is 48.5 Å². The molecular formula is C23H29N3O2. The van der Waals surface area contributed by atoms with Gasteiger partial charge in [0.05, 0.1) is 0 Å². The van der Waals surface area contributed by atoms with E-state index in [-0.39, 0.29) is 18.4 Å². The van der Waals surface area contributed by atoms with Crippen molar-refractivity contribution < 1.29 is 9.59 Å². The van der Waals surface area contributed by atoms with Gasteiger partial charge in [0.15, 0.2) is 0 Å². The lowest BCUT2D eigenvalue weighted by molar-refractivity contribution is -0.120. The Labute approximate surface area is 167 Å². The van der Waals surface area contributed by atoms with Gasteiger partial charge in [-0.25, -0.2) is 0 Å². The van der Waals surface area contributed by atoms with Crippen LogP contribution < -0.4 is 15.1 Å². The van der Waals surface area contributed by atoms with Crippen molar-refractivity contribution in [2.75, 3.05) is 34.8 Å². The van der Waals surface area contributed by atoms with Crippen molar-refractivity contribution in [3.8, 4) is 0 Å². The number of nitrogens with zero attached hydrogens (tertiary/aromatic N) is 2. The molecule has 1 N–H and O–H groups in total. The number of hydrogen-bond acceptors (Lipinski definition) is 3. The Morgan fingerprint density at radius 3 is 2.18 bits per heavy atom. The van der Waals surface area contributed by atoms with Crippen LogP contribution in [0.1, 0.15) is 38.7 Å². The predicted molar refractivity (Wildman–Crippen MR) is 115 cm³/mol. The van der Waals surface area contributed by atoms with Gasteiger partial charge in [0.1, 0.15) is 6.54 Å². The zero-order valence-electron chi connectivity index (χ0n) is 16.8. The lowest BCUT2D eigenvalue weighted by Crippen LogP contribution is -2.36. The number of anilines is 3. The molecule has 1 heterocycles. The molecule has 1 aliphatic rings. The first-order valence-corrected chi connectivity index (χ1v) is 10.1. The molecule has 2 aromatic rings. The van der Waals surface area contributed by atoms with Crippen molar-refractivity contribution in [1.82, 2.24) is 0 Å². The normalized spacial score (nSPS) is 13.9. The predicted octanol–water partition coefficient (Wildman–Crippen LogP) is 4.23. The van der Waals surface area contributed by atoms with Gasteiger partial charge in [-0.15, -0.1) is 0 Å². The van der Waals surface area contributed by atoms with Crippen LogP contribution in [-0.4, -0.2) is 31.4 Å². The highest BCUT2D eigenvalue weighted by Gasteiger charge is 2.16. The second kappa shape index (κ2) is 9.40. The van der Waals surface area contributed by atoms with Gasteiger partial charge in [0.2, 0.25) is 11.8 Å². The van der Waals surface area contributed by atoms with E-state index in [4.69, 9.17) is 0 Å². The van der Waals surface area contributed by atoms with Crippen LogP contribution in [0.5, 0.6) is 0 Å².